The van der Waals surface area contributed by atoms with Crippen LogP contribution in [0.2, 0.25) is 0 Å². The second-order valence-electron chi connectivity index (χ2n) is 9.43. The second kappa shape index (κ2) is 8.78. The quantitative estimate of drug-likeness (QED) is 0.564. The van der Waals surface area contributed by atoms with Crippen molar-refractivity contribution in [3.63, 3.8) is 0 Å². The third-order valence-corrected chi connectivity index (χ3v) is 5.21. The zero-order chi connectivity index (χ0) is 23.6. The molecule has 0 bridgehead atoms. The largest absolute Gasteiger partial charge is 0.424 e. The van der Waals surface area contributed by atoms with Gasteiger partial charge in [0, 0.05) is 11.1 Å². The van der Waals surface area contributed by atoms with Gasteiger partial charge in [-0.3, -0.25) is 4.79 Å². The summed E-state index contributed by atoms with van der Waals surface area (Å²) in [6.07, 6.45) is -0.680. The van der Waals surface area contributed by atoms with Crippen LogP contribution in [0.3, 0.4) is 0 Å². The van der Waals surface area contributed by atoms with E-state index in [4.69, 9.17) is 19.9 Å². The Morgan fingerprint density at radius 1 is 1.09 bits per heavy atom. The fourth-order valence-electron chi connectivity index (χ4n) is 3.71. The number of primary amides is 1. The standard InChI is InChI=1S/C26H29NO5/c1-24(2,3)22-26(32-23(27)29,17-30-25(4,5)31-22)15-14-18-6-10-20(11-7-18)21-12-8-19(16-28)9-13-21/h6-13,16,22H,17H2,1-5H3,(H2,27,29). The molecule has 0 aromatic heterocycles. The first-order valence-electron chi connectivity index (χ1n) is 10.4. The zero-order valence-electron chi connectivity index (χ0n) is 19.1. The van der Waals surface area contributed by atoms with Crippen molar-refractivity contribution >= 4 is 12.4 Å². The first kappa shape index (κ1) is 23.5. The van der Waals surface area contributed by atoms with Gasteiger partial charge < -0.3 is 19.9 Å². The number of rotatable bonds is 3. The number of carbonyl (C=O) groups is 2. The van der Waals surface area contributed by atoms with Gasteiger partial charge in [-0.1, -0.05) is 63.1 Å². The predicted octanol–water partition coefficient (Wildman–Crippen LogP) is 4.55. The van der Waals surface area contributed by atoms with E-state index in [1.807, 2.05) is 71.0 Å². The molecule has 6 heteroatoms. The number of hydrogen-bond acceptors (Lipinski definition) is 5. The Balaban J connectivity index is 1.93. The normalized spacial score (nSPS) is 22.3. The van der Waals surface area contributed by atoms with E-state index in [1.54, 1.807) is 12.1 Å². The molecular formula is C26H29NO5. The maximum Gasteiger partial charge on any atom is 0.406 e. The van der Waals surface area contributed by atoms with Crippen LogP contribution in [-0.4, -0.2) is 36.5 Å². The maximum absolute atomic E-state index is 11.8. The maximum atomic E-state index is 11.8. The molecule has 0 radical (unpaired) electrons. The predicted molar refractivity (Wildman–Crippen MR) is 122 cm³/mol. The summed E-state index contributed by atoms with van der Waals surface area (Å²) < 4.78 is 17.5. The molecule has 1 fully saturated rings. The number of hydrogen-bond donors (Lipinski definition) is 1. The van der Waals surface area contributed by atoms with Gasteiger partial charge in [0.2, 0.25) is 5.60 Å². The van der Waals surface area contributed by atoms with Crippen LogP contribution in [0.4, 0.5) is 4.79 Å². The summed E-state index contributed by atoms with van der Waals surface area (Å²) in [5.74, 6) is 5.35. The van der Waals surface area contributed by atoms with E-state index in [-0.39, 0.29) is 6.61 Å². The van der Waals surface area contributed by atoms with Gasteiger partial charge in [0.15, 0.2) is 5.79 Å². The molecule has 6 nitrogen and oxygen atoms in total. The van der Waals surface area contributed by atoms with E-state index in [2.05, 4.69) is 11.8 Å². The van der Waals surface area contributed by atoms with Crippen molar-refractivity contribution in [3.05, 3.63) is 59.7 Å². The molecule has 2 N–H and O–H groups in total. The van der Waals surface area contributed by atoms with Crippen LogP contribution in [0.15, 0.2) is 48.5 Å². The van der Waals surface area contributed by atoms with Gasteiger partial charge >= 0.3 is 6.09 Å². The highest BCUT2D eigenvalue weighted by Gasteiger charge is 2.54. The molecule has 2 aromatic rings. The van der Waals surface area contributed by atoms with Crippen molar-refractivity contribution in [1.29, 1.82) is 0 Å². The van der Waals surface area contributed by atoms with Gasteiger partial charge in [-0.05, 0) is 48.4 Å². The first-order valence-corrected chi connectivity index (χ1v) is 10.4. The Morgan fingerprint density at radius 3 is 2.16 bits per heavy atom. The fraction of sp³-hybridized carbons (Fsp3) is 0.385. The number of amides is 1. The second-order valence-corrected chi connectivity index (χ2v) is 9.43. The van der Waals surface area contributed by atoms with Gasteiger partial charge in [0.1, 0.15) is 19.0 Å². The smallest absolute Gasteiger partial charge is 0.406 e. The molecule has 0 saturated carbocycles. The zero-order valence-corrected chi connectivity index (χ0v) is 19.1. The molecule has 1 aliphatic rings. The topological polar surface area (TPSA) is 87.9 Å². The third-order valence-electron chi connectivity index (χ3n) is 5.21. The number of benzene rings is 2. The Bertz CT molecular complexity index is 1040. The van der Waals surface area contributed by atoms with Crippen LogP contribution in [0.25, 0.3) is 11.1 Å². The molecule has 168 valence electrons. The van der Waals surface area contributed by atoms with Crippen LogP contribution < -0.4 is 5.73 Å². The summed E-state index contributed by atoms with van der Waals surface area (Å²) >= 11 is 0. The minimum absolute atomic E-state index is 0.0407. The average Bonchev–Trinajstić information content (AvgIpc) is 2.73. The van der Waals surface area contributed by atoms with E-state index in [9.17, 15) is 9.59 Å². The summed E-state index contributed by atoms with van der Waals surface area (Å²) in [6.45, 7) is 9.64. The van der Waals surface area contributed by atoms with E-state index < -0.39 is 29.0 Å². The van der Waals surface area contributed by atoms with Crippen LogP contribution in [0.5, 0.6) is 0 Å². The van der Waals surface area contributed by atoms with Crippen molar-refractivity contribution < 1.29 is 23.8 Å². The number of aldehydes is 1. The Labute approximate surface area is 189 Å². The van der Waals surface area contributed by atoms with E-state index in [1.165, 1.54) is 0 Å². The van der Waals surface area contributed by atoms with Crippen molar-refractivity contribution in [2.75, 3.05) is 6.61 Å². The SMILES string of the molecule is CC1(C)OCC(C#Cc2ccc(-c3ccc(C=O)cc3)cc2)(OC(N)=O)C(C(C)(C)C)O1. The molecule has 1 heterocycles. The van der Waals surface area contributed by atoms with Gasteiger partial charge in [-0.2, -0.15) is 0 Å². The third kappa shape index (κ3) is 5.37. The molecule has 1 aliphatic heterocycles. The lowest BCUT2D eigenvalue weighted by molar-refractivity contribution is -0.336. The van der Waals surface area contributed by atoms with Crippen LogP contribution >= 0.6 is 0 Å². The molecule has 2 unspecified atom stereocenters. The lowest BCUT2D eigenvalue weighted by Crippen LogP contribution is -2.63. The Morgan fingerprint density at radius 2 is 1.66 bits per heavy atom. The van der Waals surface area contributed by atoms with Crippen LogP contribution in [0, 0.1) is 17.3 Å². The van der Waals surface area contributed by atoms with E-state index >= 15 is 0 Å². The van der Waals surface area contributed by atoms with Gasteiger partial charge in [0.25, 0.3) is 0 Å². The number of carbonyl (C=O) groups excluding carboxylic acids is 2. The number of nitrogens with two attached hydrogens (primary N) is 1. The summed E-state index contributed by atoms with van der Waals surface area (Å²) in [5, 5.41) is 0. The van der Waals surface area contributed by atoms with Crippen molar-refractivity contribution in [3.8, 4) is 23.0 Å². The average molecular weight is 436 g/mol. The summed E-state index contributed by atoms with van der Waals surface area (Å²) in [4.78, 5) is 22.6. The van der Waals surface area contributed by atoms with E-state index in [0.717, 1.165) is 23.0 Å². The molecule has 1 saturated heterocycles. The molecule has 0 aliphatic carbocycles. The Kier molecular flexibility index (Phi) is 6.45. The molecule has 2 aromatic carbocycles. The minimum Gasteiger partial charge on any atom is -0.424 e. The highest BCUT2D eigenvalue weighted by Crippen LogP contribution is 2.40. The molecule has 1 amide bonds. The van der Waals surface area contributed by atoms with Gasteiger partial charge in [-0.25, -0.2) is 4.79 Å². The first-order chi connectivity index (χ1) is 14.9. The molecular weight excluding hydrogens is 406 g/mol. The van der Waals surface area contributed by atoms with Crippen molar-refractivity contribution in [2.45, 2.75) is 52.1 Å². The molecule has 0 spiro atoms. The highest BCUT2D eigenvalue weighted by atomic mass is 16.7. The lowest BCUT2D eigenvalue weighted by atomic mass is 9.77. The summed E-state index contributed by atoms with van der Waals surface area (Å²) in [5.41, 5.74) is 7.01. The van der Waals surface area contributed by atoms with Crippen molar-refractivity contribution in [2.24, 2.45) is 11.1 Å². The fourth-order valence-corrected chi connectivity index (χ4v) is 3.71. The van der Waals surface area contributed by atoms with E-state index in [0.29, 0.717) is 5.56 Å². The Hall–Kier alpha value is -3.14. The van der Waals surface area contributed by atoms with Gasteiger partial charge in [0.05, 0.1) is 0 Å². The minimum atomic E-state index is -1.34. The van der Waals surface area contributed by atoms with Crippen LogP contribution in [-0.2, 0) is 14.2 Å². The molecule has 32 heavy (non-hydrogen) atoms. The summed E-state index contributed by atoms with van der Waals surface area (Å²) in [6, 6.07) is 15.0. The van der Waals surface area contributed by atoms with Crippen molar-refractivity contribution in [1.82, 2.24) is 0 Å². The monoisotopic (exact) mass is 435 g/mol. The lowest BCUT2D eigenvalue weighted by Gasteiger charge is -2.50. The van der Waals surface area contributed by atoms with Gasteiger partial charge in [-0.15, -0.1) is 0 Å². The highest BCUT2D eigenvalue weighted by molar-refractivity contribution is 5.77. The molecule has 2 atom stereocenters. The van der Waals surface area contributed by atoms with Crippen LogP contribution in [0.1, 0.15) is 50.5 Å². The molecule has 3 rings (SSSR count). The summed E-state index contributed by atoms with van der Waals surface area (Å²) in [7, 11) is 0. The number of ether oxygens (including phenoxy) is 3.